The van der Waals surface area contributed by atoms with E-state index in [0.29, 0.717) is 0 Å². The van der Waals surface area contributed by atoms with E-state index in [1.807, 2.05) is 4.72 Å². The Balaban J connectivity index is 2.94. The van der Waals surface area contributed by atoms with E-state index in [1.54, 1.807) is 4.72 Å². The minimum absolute atomic E-state index is 0.0805. The molecule has 3 N–H and O–H groups in total. The number of aromatic carboxylic acids is 1. The lowest BCUT2D eigenvalue weighted by atomic mass is 10.2. The number of rotatable bonds is 4. The number of carbonyl (C=O) groups excluding carboxylic acids is 1. The zero-order valence-corrected chi connectivity index (χ0v) is 11.1. The molecule has 10 heteroatoms. The summed E-state index contributed by atoms with van der Waals surface area (Å²) in [6.07, 6.45) is -1.18. The molecule has 0 bridgehead atoms. The number of carboxylic acid groups (broad SMARTS) is 1. The van der Waals surface area contributed by atoms with E-state index in [9.17, 15) is 18.0 Å². The van der Waals surface area contributed by atoms with Crippen LogP contribution in [-0.4, -0.2) is 32.7 Å². The molecule has 0 aromatic heterocycles. The first-order valence-corrected chi connectivity index (χ1v) is 6.52. The lowest BCUT2D eigenvalue weighted by Gasteiger charge is -2.10. The van der Waals surface area contributed by atoms with Gasteiger partial charge in [0.1, 0.15) is 0 Å². The molecule has 104 valence electrons. The molecule has 0 aliphatic rings. The third-order valence-corrected chi connectivity index (χ3v) is 3.10. The van der Waals surface area contributed by atoms with Gasteiger partial charge in [0.15, 0.2) is 0 Å². The van der Waals surface area contributed by atoms with Gasteiger partial charge in [-0.05, 0) is 18.2 Å². The summed E-state index contributed by atoms with van der Waals surface area (Å²) in [6, 6.07) is 3.38. The fourth-order valence-electron chi connectivity index (χ4n) is 1.05. The number of amides is 1. The Hall–Kier alpha value is -2.00. The molecule has 0 radical (unpaired) electrons. The average Bonchev–Trinajstić information content (AvgIpc) is 2.30. The van der Waals surface area contributed by atoms with Crippen molar-refractivity contribution >= 4 is 39.6 Å². The van der Waals surface area contributed by atoms with E-state index in [1.165, 1.54) is 0 Å². The van der Waals surface area contributed by atoms with Gasteiger partial charge in [0, 0.05) is 0 Å². The zero-order chi connectivity index (χ0) is 14.6. The van der Waals surface area contributed by atoms with Crippen LogP contribution < -0.4 is 9.44 Å². The summed E-state index contributed by atoms with van der Waals surface area (Å²) in [4.78, 5) is 21.4. The number of carboxylic acids is 1. The summed E-state index contributed by atoms with van der Waals surface area (Å²) in [5.74, 6) is -1.20. The number of carbonyl (C=O) groups is 2. The average molecular weight is 309 g/mol. The third kappa shape index (κ3) is 4.30. The Morgan fingerprint density at radius 1 is 1.37 bits per heavy atom. The van der Waals surface area contributed by atoms with Crippen molar-refractivity contribution in [2.24, 2.45) is 0 Å². The molecule has 8 nitrogen and oxygen atoms in total. The fourth-order valence-corrected chi connectivity index (χ4v) is 2.16. The lowest BCUT2D eigenvalue weighted by Crippen LogP contribution is -2.35. The summed E-state index contributed by atoms with van der Waals surface area (Å²) in [6.45, 7) is 0. The molecule has 0 spiro atoms. The second-order valence-electron chi connectivity index (χ2n) is 3.20. The Morgan fingerprint density at radius 3 is 2.47 bits per heavy atom. The number of anilines is 1. The molecule has 1 amide bonds. The summed E-state index contributed by atoms with van der Waals surface area (Å²) in [5, 5.41) is 8.58. The van der Waals surface area contributed by atoms with Gasteiger partial charge >= 0.3 is 22.3 Å². The molecule has 0 saturated carbocycles. The number of ether oxygens (including phenoxy) is 1. The first-order chi connectivity index (χ1) is 8.75. The predicted molar refractivity (Wildman–Crippen MR) is 66.5 cm³/mol. The van der Waals surface area contributed by atoms with Crippen molar-refractivity contribution in [3.63, 3.8) is 0 Å². The van der Waals surface area contributed by atoms with Crippen LogP contribution >= 0.6 is 11.6 Å². The molecule has 0 aliphatic carbocycles. The molecule has 0 aliphatic heterocycles. The molecule has 0 atom stereocenters. The normalized spacial score (nSPS) is 10.6. The fraction of sp³-hybridized carbons (Fsp3) is 0.111. The standard InChI is InChI=1S/C9H9ClN2O6S/c1-18-9(15)12-19(16,17)11-7-3-2-5(8(13)14)4-6(7)10/h2-4,11H,1H3,(H,12,15)(H,13,14). The SMILES string of the molecule is COC(=O)NS(=O)(=O)Nc1ccc(C(=O)O)cc1Cl. The maximum absolute atomic E-state index is 11.4. The van der Waals surface area contributed by atoms with Crippen molar-refractivity contribution in [1.82, 2.24) is 4.72 Å². The molecular formula is C9H9ClN2O6S. The molecule has 0 fully saturated rings. The topological polar surface area (TPSA) is 122 Å². The highest BCUT2D eigenvalue weighted by Crippen LogP contribution is 2.23. The predicted octanol–water partition coefficient (Wildman–Crippen LogP) is 1.05. The van der Waals surface area contributed by atoms with Crippen molar-refractivity contribution in [3.8, 4) is 0 Å². The Labute approximate surface area is 113 Å². The van der Waals surface area contributed by atoms with Gasteiger partial charge in [0.25, 0.3) is 0 Å². The maximum atomic E-state index is 11.4. The number of nitrogens with one attached hydrogen (secondary N) is 2. The van der Waals surface area contributed by atoms with E-state index in [-0.39, 0.29) is 16.3 Å². The van der Waals surface area contributed by atoms with Gasteiger partial charge in [-0.2, -0.15) is 8.42 Å². The molecule has 1 aromatic rings. The van der Waals surface area contributed by atoms with Gasteiger partial charge < -0.3 is 9.84 Å². The zero-order valence-electron chi connectivity index (χ0n) is 9.51. The minimum atomic E-state index is -4.21. The second kappa shape index (κ2) is 5.76. The smallest absolute Gasteiger partial charge is 0.422 e. The van der Waals surface area contributed by atoms with Gasteiger partial charge in [-0.25, -0.2) is 14.3 Å². The van der Waals surface area contributed by atoms with E-state index in [2.05, 4.69) is 4.74 Å². The van der Waals surface area contributed by atoms with Gasteiger partial charge in [-0.15, -0.1) is 0 Å². The molecule has 19 heavy (non-hydrogen) atoms. The largest absolute Gasteiger partial charge is 0.478 e. The van der Waals surface area contributed by atoms with Crippen molar-refractivity contribution in [2.75, 3.05) is 11.8 Å². The van der Waals surface area contributed by atoms with Crippen LogP contribution in [0.5, 0.6) is 0 Å². The van der Waals surface area contributed by atoms with Crippen LogP contribution in [0.3, 0.4) is 0 Å². The van der Waals surface area contributed by atoms with E-state index >= 15 is 0 Å². The van der Waals surface area contributed by atoms with Crippen molar-refractivity contribution in [1.29, 1.82) is 0 Å². The van der Waals surface area contributed by atoms with E-state index in [0.717, 1.165) is 25.3 Å². The van der Waals surface area contributed by atoms with Crippen LogP contribution in [0.4, 0.5) is 10.5 Å². The first-order valence-electron chi connectivity index (χ1n) is 4.66. The molecule has 0 heterocycles. The summed E-state index contributed by atoms with van der Waals surface area (Å²) in [5.41, 5.74) is -0.183. The number of hydrogen-bond acceptors (Lipinski definition) is 5. The van der Waals surface area contributed by atoms with Gasteiger partial charge in [0.2, 0.25) is 0 Å². The highest BCUT2D eigenvalue weighted by molar-refractivity contribution is 7.91. The maximum Gasteiger partial charge on any atom is 0.422 e. The van der Waals surface area contributed by atoms with E-state index < -0.39 is 22.3 Å². The second-order valence-corrected chi connectivity index (χ2v) is 5.02. The van der Waals surface area contributed by atoms with Crippen LogP contribution in [0, 0.1) is 0 Å². The third-order valence-electron chi connectivity index (χ3n) is 1.86. The van der Waals surface area contributed by atoms with Crippen LogP contribution in [0.15, 0.2) is 18.2 Å². The van der Waals surface area contributed by atoms with Crippen LogP contribution in [-0.2, 0) is 14.9 Å². The van der Waals surface area contributed by atoms with Crippen molar-refractivity contribution in [3.05, 3.63) is 28.8 Å². The minimum Gasteiger partial charge on any atom is -0.478 e. The molecule has 1 aromatic carbocycles. The van der Waals surface area contributed by atoms with Gasteiger partial charge in [0.05, 0.1) is 23.4 Å². The van der Waals surface area contributed by atoms with Crippen LogP contribution in [0.25, 0.3) is 0 Å². The summed E-state index contributed by atoms with van der Waals surface area (Å²) in [7, 11) is -3.21. The highest BCUT2D eigenvalue weighted by Gasteiger charge is 2.16. The van der Waals surface area contributed by atoms with Gasteiger partial charge in [-0.3, -0.25) is 4.72 Å². The summed E-state index contributed by atoms with van der Waals surface area (Å²) < 4.78 is 30.5. The quantitative estimate of drug-likeness (QED) is 0.764. The monoisotopic (exact) mass is 308 g/mol. The van der Waals surface area contributed by atoms with E-state index in [4.69, 9.17) is 16.7 Å². The van der Waals surface area contributed by atoms with Gasteiger partial charge in [-0.1, -0.05) is 11.6 Å². The molecular weight excluding hydrogens is 300 g/mol. The van der Waals surface area contributed by atoms with Crippen molar-refractivity contribution < 1.29 is 27.9 Å². The Bertz CT molecular complexity index is 615. The number of hydrogen-bond donors (Lipinski definition) is 3. The molecule has 0 saturated heterocycles. The Morgan fingerprint density at radius 2 is 2.00 bits per heavy atom. The Kier molecular flexibility index (Phi) is 4.57. The molecule has 0 unspecified atom stereocenters. The summed E-state index contributed by atoms with van der Waals surface area (Å²) >= 11 is 5.72. The molecule has 1 rings (SSSR count). The highest BCUT2D eigenvalue weighted by atomic mass is 35.5. The number of methoxy groups -OCH3 is 1. The first kappa shape index (κ1) is 15.1. The lowest BCUT2D eigenvalue weighted by molar-refractivity contribution is 0.0697. The van der Waals surface area contributed by atoms with Crippen LogP contribution in [0.2, 0.25) is 5.02 Å². The van der Waals surface area contributed by atoms with Crippen molar-refractivity contribution in [2.45, 2.75) is 0 Å². The van der Waals surface area contributed by atoms with Crippen LogP contribution in [0.1, 0.15) is 10.4 Å². The number of benzene rings is 1. The number of halogens is 1.